The number of Topliss-reactive ketones (excluding diaryl/α,β-unsaturated/α-hetero) is 1. The third kappa shape index (κ3) is 3.55. The summed E-state index contributed by atoms with van der Waals surface area (Å²) >= 11 is 0. The fourth-order valence-corrected chi connectivity index (χ4v) is 6.29. The lowest BCUT2D eigenvalue weighted by molar-refractivity contribution is -0.116. The standard InChI is InChI=1S/C33H29N3O/c1-2-36-29-15-9-6-12-24(29)25-18-22(16-17-30(25)36)33-32-28(34-26-13-7-8-14-27(26)35-33)19-23(20-31(32)37)21-10-4-3-5-11-21/h3-18,23,33-35H,2,19-20H2,1H3/t23-,33+/m1/s1. The van der Waals surface area contributed by atoms with Crippen molar-refractivity contribution in [2.45, 2.75) is 38.3 Å². The monoisotopic (exact) mass is 483 g/mol. The molecule has 2 aliphatic rings. The van der Waals surface area contributed by atoms with Gasteiger partial charge in [-0.1, -0.05) is 66.7 Å². The third-order valence-corrected chi connectivity index (χ3v) is 8.03. The molecule has 0 unspecified atom stereocenters. The molecule has 1 aliphatic heterocycles. The average Bonchev–Trinajstić information content (AvgIpc) is 3.15. The first-order valence-corrected chi connectivity index (χ1v) is 13.2. The summed E-state index contributed by atoms with van der Waals surface area (Å²) in [6.45, 7) is 3.10. The summed E-state index contributed by atoms with van der Waals surface area (Å²) in [4.78, 5) is 13.9. The van der Waals surface area contributed by atoms with Crippen molar-refractivity contribution in [1.82, 2.24) is 4.57 Å². The van der Waals surface area contributed by atoms with Crippen LogP contribution in [0.1, 0.15) is 42.9 Å². The Morgan fingerprint density at radius 2 is 1.49 bits per heavy atom. The molecule has 2 N–H and O–H groups in total. The van der Waals surface area contributed by atoms with Crippen molar-refractivity contribution >= 4 is 39.0 Å². The lowest BCUT2D eigenvalue weighted by Crippen LogP contribution is -2.26. The van der Waals surface area contributed by atoms with Crippen LogP contribution in [0, 0.1) is 0 Å². The largest absolute Gasteiger partial charge is 0.372 e. The Morgan fingerprint density at radius 3 is 2.32 bits per heavy atom. The molecule has 2 atom stereocenters. The SMILES string of the molecule is CCn1c2ccccc2c2cc([C@@H]3Nc4ccccc4NC4=C3C(=O)C[C@H](c3ccccc3)C4)ccc21. The molecule has 0 radical (unpaired) electrons. The summed E-state index contributed by atoms with van der Waals surface area (Å²) in [5, 5.41) is 9.89. The van der Waals surface area contributed by atoms with Gasteiger partial charge in [0.05, 0.1) is 17.4 Å². The van der Waals surface area contributed by atoms with Gasteiger partial charge in [0.2, 0.25) is 0 Å². The second-order valence-corrected chi connectivity index (χ2v) is 10.1. The van der Waals surface area contributed by atoms with Gasteiger partial charge in [-0.3, -0.25) is 4.79 Å². The molecule has 2 heterocycles. The number of ketones is 1. The summed E-state index contributed by atoms with van der Waals surface area (Å²) < 4.78 is 2.37. The van der Waals surface area contributed by atoms with Crippen molar-refractivity contribution in [3.63, 3.8) is 0 Å². The van der Waals surface area contributed by atoms with Gasteiger partial charge in [-0.05, 0) is 60.7 Å². The average molecular weight is 484 g/mol. The number of nitrogens with one attached hydrogen (secondary N) is 2. The molecule has 182 valence electrons. The molecular formula is C33H29N3O. The summed E-state index contributed by atoms with van der Waals surface area (Å²) in [6, 6.07) is 33.8. The van der Waals surface area contributed by atoms with Crippen LogP contribution in [0.3, 0.4) is 0 Å². The quantitative estimate of drug-likeness (QED) is 0.275. The molecule has 0 saturated carbocycles. The molecule has 4 nitrogen and oxygen atoms in total. The molecule has 0 fully saturated rings. The fourth-order valence-electron chi connectivity index (χ4n) is 6.29. The van der Waals surface area contributed by atoms with Crippen LogP contribution in [0.25, 0.3) is 21.8 Å². The van der Waals surface area contributed by atoms with Crippen LogP contribution < -0.4 is 10.6 Å². The van der Waals surface area contributed by atoms with Crippen molar-refractivity contribution in [2.75, 3.05) is 10.6 Å². The smallest absolute Gasteiger partial charge is 0.163 e. The predicted octanol–water partition coefficient (Wildman–Crippen LogP) is 7.79. The molecule has 0 saturated heterocycles. The van der Waals surface area contributed by atoms with Gasteiger partial charge in [-0.2, -0.15) is 0 Å². The maximum absolute atomic E-state index is 13.9. The van der Waals surface area contributed by atoms with E-state index in [1.807, 2.05) is 18.2 Å². The van der Waals surface area contributed by atoms with Gasteiger partial charge in [0, 0.05) is 46.0 Å². The summed E-state index contributed by atoms with van der Waals surface area (Å²) in [7, 11) is 0. The van der Waals surface area contributed by atoms with Crippen molar-refractivity contribution in [3.05, 3.63) is 119 Å². The highest BCUT2D eigenvalue weighted by atomic mass is 16.1. The van der Waals surface area contributed by atoms with E-state index >= 15 is 0 Å². The number of carbonyl (C=O) groups is 1. The normalized spacial score (nSPS) is 19.2. The first-order valence-electron chi connectivity index (χ1n) is 13.2. The van der Waals surface area contributed by atoms with E-state index in [0.29, 0.717) is 6.42 Å². The molecule has 4 heteroatoms. The van der Waals surface area contributed by atoms with Gasteiger partial charge in [-0.15, -0.1) is 0 Å². The van der Waals surface area contributed by atoms with Crippen molar-refractivity contribution < 1.29 is 4.79 Å². The minimum atomic E-state index is -0.219. The van der Waals surface area contributed by atoms with E-state index in [1.54, 1.807) is 0 Å². The zero-order valence-corrected chi connectivity index (χ0v) is 20.9. The van der Waals surface area contributed by atoms with Gasteiger partial charge >= 0.3 is 0 Å². The second-order valence-electron chi connectivity index (χ2n) is 10.1. The van der Waals surface area contributed by atoms with Crippen LogP contribution in [-0.2, 0) is 11.3 Å². The molecule has 0 amide bonds. The number of carbonyl (C=O) groups excluding carboxylic acids is 1. The number of nitrogens with zero attached hydrogens (tertiary/aromatic N) is 1. The highest BCUT2D eigenvalue weighted by Gasteiger charge is 2.36. The topological polar surface area (TPSA) is 46.1 Å². The van der Waals surface area contributed by atoms with Gasteiger partial charge in [-0.25, -0.2) is 0 Å². The van der Waals surface area contributed by atoms with Crippen LogP contribution in [0.2, 0.25) is 0 Å². The third-order valence-electron chi connectivity index (χ3n) is 8.03. The maximum atomic E-state index is 13.9. The molecule has 7 rings (SSSR count). The van der Waals surface area contributed by atoms with Crippen molar-refractivity contribution in [1.29, 1.82) is 0 Å². The number of hydrogen-bond acceptors (Lipinski definition) is 3. The Morgan fingerprint density at radius 1 is 0.757 bits per heavy atom. The maximum Gasteiger partial charge on any atom is 0.163 e. The number of fused-ring (bicyclic) bond motifs is 4. The number of allylic oxidation sites excluding steroid dienone is 1. The molecule has 4 aromatic carbocycles. The Balaban J connectivity index is 1.40. The Bertz CT molecular complexity index is 1700. The number of aryl methyl sites for hydroxylation is 1. The van der Waals surface area contributed by atoms with Crippen LogP contribution in [0.15, 0.2) is 108 Å². The number of benzene rings is 4. The summed E-state index contributed by atoms with van der Waals surface area (Å²) in [6.07, 6.45) is 1.34. The molecule has 1 aliphatic carbocycles. The molecule has 1 aromatic heterocycles. The van der Waals surface area contributed by atoms with Gasteiger partial charge in [0.1, 0.15) is 0 Å². The Labute approximate surface area is 216 Å². The van der Waals surface area contributed by atoms with E-state index in [9.17, 15) is 4.79 Å². The van der Waals surface area contributed by atoms with Crippen molar-refractivity contribution in [3.8, 4) is 0 Å². The number of para-hydroxylation sites is 3. The number of anilines is 2. The van der Waals surface area contributed by atoms with Crippen LogP contribution in [0.4, 0.5) is 11.4 Å². The Hall–Kier alpha value is -4.31. The van der Waals surface area contributed by atoms with Gasteiger partial charge in [0.15, 0.2) is 5.78 Å². The van der Waals surface area contributed by atoms with Crippen LogP contribution in [0.5, 0.6) is 0 Å². The van der Waals surface area contributed by atoms with E-state index in [4.69, 9.17) is 0 Å². The van der Waals surface area contributed by atoms with E-state index in [0.717, 1.165) is 41.2 Å². The minimum Gasteiger partial charge on any atom is -0.372 e. The lowest BCUT2D eigenvalue weighted by atomic mass is 9.78. The fraction of sp³-hybridized carbons (Fsp3) is 0.182. The number of rotatable bonds is 3. The highest BCUT2D eigenvalue weighted by Crippen LogP contribution is 2.45. The molecular weight excluding hydrogens is 454 g/mol. The lowest BCUT2D eigenvalue weighted by Gasteiger charge is -2.30. The van der Waals surface area contributed by atoms with E-state index in [2.05, 4.69) is 101 Å². The second kappa shape index (κ2) is 8.67. The van der Waals surface area contributed by atoms with Crippen molar-refractivity contribution in [2.24, 2.45) is 0 Å². The molecule has 37 heavy (non-hydrogen) atoms. The Kier molecular flexibility index (Phi) is 5.14. The van der Waals surface area contributed by atoms with Crippen LogP contribution in [-0.4, -0.2) is 10.4 Å². The first kappa shape index (κ1) is 21.9. The van der Waals surface area contributed by atoms with E-state index in [1.165, 1.54) is 27.4 Å². The zero-order chi connectivity index (χ0) is 24.9. The predicted molar refractivity (Wildman–Crippen MR) is 152 cm³/mol. The van der Waals surface area contributed by atoms with Crippen LogP contribution >= 0.6 is 0 Å². The highest BCUT2D eigenvalue weighted by molar-refractivity contribution is 6.08. The first-order chi connectivity index (χ1) is 18.2. The molecule has 0 spiro atoms. The van der Waals surface area contributed by atoms with Gasteiger partial charge < -0.3 is 15.2 Å². The number of hydrogen-bond donors (Lipinski definition) is 2. The van der Waals surface area contributed by atoms with E-state index < -0.39 is 0 Å². The zero-order valence-electron chi connectivity index (χ0n) is 20.9. The summed E-state index contributed by atoms with van der Waals surface area (Å²) in [5.41, 5.74) is 8.74. The number of aromatic nitrogens is 1. The van der Waals surface area contributed by atoms with E-state index in [-0.39, 0.29) is 17.7 Å². The summed E-state index contributed by atoms with van der Waals surface area (Å²) in [5.74, 6) is 0.389. The molecule has 5 aromatic rings. The minimum absolute atomic E-state index is 0.177. The van der Waals surface area contributed by atoms with Gasteiger partial charge in [0.25, 0.3) is 0 Å². The molecule has 0 bridgehead atoms.